The third-order valence-corrected chi connectivity index (χ3v) is 4.14. The van der Waals surface area contributed by atoms with Crippen LogP contribution in [0.4, 0.5) is 11.8 Å². The van der Waals surface area contributed by atoms with Crippen LogP contribution in [0, 0.1) is 13.8 Å². The van der Waals surface area contributed by atoms with Gasteiger partial charge in [-0.3, -0.25) is 0 Å². The topological polar surface area (TPSA) is 74.8 Å². The Bertz CT molecular complexity index is 661. The van der Waals surface area contributed by atoms with Gasteiger partial charge in [-0.25, -0.2) is 4.98 Å². The van der Waals surface area contributed by atoms with Crippen LogP contribution in [-0.2, 0) is 0 Å². The fourth-order valence-electron chi connectivity index (χ4n) is 3.07. The van der Waals surface area contributed by atoms with Gasteiger partial charge in [0.05, 0.1) is 5.39 Å². The average molecular weight is 300 g/mol. The molecule has 1 aliphatic heterocycles. The lowest BCUT2D eigenvalue weighted by Crippen LogP contribution is -2.23. The van der Waals surface area contributed by atoms with Gasteiger partial charge in [0.25, 0.3) is 0 Å². The summed E-state index contributed by atoms with van der Waals surface area (Å²) in [6.45, 7) is 6.21. The number of hydrogen-bond acceptors (Lipinski definition) is 6. The van der Waals surface area contributed by atoms with Gasteiger partial charge in [0, 0.05) is 18.8 Å². The molecule has 3 heterocycles. The standard InChI is InChI=1S/C16H24N6/c1-10-9-11(2)19-15-13(10)14(17-3)21-16(22-15)20-12-5-4-7-18-8-6-12/h9,12,18H,4-8H2,1-3H3,(H2,17,19,20,21,22)/t12-/m1/s1. The fraction of sp³-hybridized carbons (Fsp3) is 0.562. The van der Waals surface area contributed by atoms with Crippen molar-refractivity contribution in [2.45, 2.75) is 39.2 Å². The molecule has 0 radical (unpaired) electrons. The van der Waals surface area contributed by atoms with E-state index in [0.29, 0.717) is 12.0 Å². The second-order valence-corrected chi connectivity index (χ2v) is 5.95. The minimum atomic E-state index is 0.420. The molecule has 0 saturated carbocycles. The first kappa shape index (κ1) is 15.0. The van der Waals surface area contributed by atoms with E-state index >= 15 is 0 Å². The first-order chi connectivity index (χ1) is 10.7. The lowest BCUT2D eigenvalue weighted by molar-refractivity contribution is 0.632. The molecule has 3 N–H and O–H groups in total. The molecule has 6 heteroatoms. The van der Waals surface area contributed by atoms with Crippen LogP contribution >= 0.6 is 0 Å². The number of aromatic nitrogens is 3. The molecule has 3 rings (SSSR count). The highest BCUT2D eigenvalue weighted by Crippen LogP contribution is 2.25. The Morgan fingerprint density at radius 2 is 2.00 bits per heavy atom. The molecule has 1 saturated heterocycles. The minimum Gasteiger partial charge on any atom is -0.372 e. The SMILES string of the molecule is CNc1nc(N[C@@H]2CCCNCC2)nc2nc(C)cc(C)c12. The van der Waals surface area contributed by atoms with Gasteiger partial charge in [-0.05, 0) is 57.8 Å². The van der Waals surface area contributed by atoms with E-state index < -0.39 is 0 Å². The monoisotopic (exact) mass is 300 g/mol. The Morgan fingerprint density at radius 1 is 1.14 bits per heavy atom. The summed E-state index contributed by atoms with van der Waals surface area (Å²) < 4.78 is 0. The van der Waals surface area contributed by atoms with E-state index in [2.05, 4.69) is 43.9 Å². The highest BCUT2D eigenvalue weighted by atomic mass is 15.2. The maximum absolute atomic E-state index is 4.64. The molecule has 118 valence electrons. The number of nitrogens with zero attached hydrogens (tertiary/aromatic N) is 3. The third-order valence-electron chi connectivity index (χ3n) is 4.14. The van der Waals surface area contributed by atoms with E-state index in [1.807, 2.05) is 14.0 Å². The molecule has 22 heavy (non-hydrogen) atoms. The van der Waals surface area contributed by atoms with Gasteiger partial charge in [0.15, 0.2) is 5.65 Å². The molecule has 2 aromatic rings. The van der Waals surface area contributed by atoms with Crippen LogP contribution in [0.2, 0.25) is 0 Å². The number of fused-ring (bicyclic) bond motifs is 1. The van der Waals surface area contributed by atoms with Gasteiger partial charge in [-0.15, -0.1) is 0 Å². The molecule has 0 spiro atoms. The first-order valence-corrected chi connectivity index (χ1v) is 7.98. The molecule has 1 fully saturated rings. The summed E-state index contributed by atoms with van der Waals surface area (Å²) in [6, 6.07) is 2.49. The average Bonchev–Trinajstić information content (AvgIpc) is 2.74. The Labute approximate surface area is 131 Å². The Kier molecular flexibility index (Phi) is 4.38. The molecule has 1 aliphatic rings. The van der Waals surface area contributed by atoms with Crippen molar-refractivity contribution in [3.05, 3.63) is 17.3 Å². The predicted molar refractivity (Wildman–Crippen MR) is 90.5 cm³/mol. The third kappa shape index (κ3) is 3.11. The van der Waals surface area contributed by atoms with Crippen LogP contribution in [0.5, 0.6) is 0 Å². The lowest BCUT2D eigenvalue weighted by Gasteiger charge is -2.17. The molecular formula is C16H24N6. The van der Waals surface area contributed by atoms with Gasteiger partial charge in [-0.2, -0.15) is 9.97 Å². The van der Waals surface area contributed by atoms with Crippen molar-refractivity contribution in [2.24, 2.45) is 0 Å². The summed E-state index contributed by atoms with van der Waals surface area (Å²) >= 11 is 0. The van der Waals surface area contributed by atoms with Gasteiger partial charge < -0.3 is 16.0 Å². The summed E-state index contributed by atoms with van der Waals surface area (Å²) in [5.74, 6) is 1.51. The zero-order valence-corrected chi connectivity index (χ0v) is 13.5. The van der Waals surface area contributed by atoms with Crippen LogP contribution in [0.3, 0.4) is 0 Å². The highest BCUT2D eigenvalue weighted by molar-refractivity contribution is 5.90. The second-order valence-electron chi connectivity index (χ2n) is 5.95. The van der Waals surface area contributed by atoms with Crippen molar-refractivity contribution in [3.63, 3.8) is 0 Å². The van der Waals surface area contributed by atoms with E-state index in [9.17, 15) is 0 Å². The molecule has 0 aromatic carbocycles. The number of anilines is 2. The number of rotatable bonds is 3. The summed E-state index contributed by atoms with van der Waals surface area (Å²) in [7, 11) is 1.89. The quantitative estimate of drug-likeness (QED) is 0.807. The molecule has 2 aromatic heterocycles. The summed E-state index contributed by atoms with van der Waals surface area (Å²) in [5.41, 5.74) is 2.89. The minimum absolute atomic E-state index is 0.420. The number of hydrogen-bond donors (Lipinski definition) is 3. The van der Waals surface area contributed by atoms with Gasteiger partial charge in [0.2, 0.25) is 5.95 Å². The van der Waals surface area contributed by atoms with E-state index in [-0.39, 0.29) is 0 Å². The molecule has 1 atom stereocenters. The molecule has 0 unspecified atom stereocenters. The van der Waals surface area contributed by atoms with Gasteiger partial charge in [0.1, 0.15) is 5.82 Å². The molecular weight excluding hydrogens is 276 g/mol. The van der Waals surface area contributed by atoms with E-state index in [0.717, 1.165) is 54.0 Å². The number of aryl methyl sites for hydroxylation is 2. The maximum Gasteiger partial charge on any atom is 0.226 e. The Balaban J connectivity index is 1.96. The largest absolute Gasteiger partial charge is 0.372 e. The van der Waals surface area contributed by atoms with Crippen molar-refractivity contribution < 1.29 is 0 Å². The van der Waals surface area contributed by atoms with Crippen molar-refractivity contribution >= 4 is 22.8 Å². The summed E-state index contributed by atoms with van der Waals surface area (Å²) in [4.78, 5) is 13.9. The normalized spacial score (nSPS) is 19.0. The number of pyridine rings is 1. The summed E-state index contributed by atoms with van der Waals surface area (Å²) in [6.07, 6.45) is 3.42. The van der Waals surface area contributed by atoms with Crippen molar-refractivity contribution in [3.8, 4) is 0 Å². The molecule has 6 nitrogen and oxygen atoms in total. The van der Waals surface area contributed by atoms with Crippen LogP contribution < -0.4 is 16.0 Å². The van der Waals surface area contributed by atoms with E-state index in [4.69, 9.17) is 0 Å². The van der Waals surface area contributed by atoms with E-state index in [1.54, 1.807) is 0 Å². The van der Waals surface area contributed by atoms with Crippen LogP contribution in [-0.4, -0.2) is 41.1 Å². The highest BCUT2D eigenvalue weighted by Gasteiger charge is 2.15. The Hall–Kier alpha value is -1.95. The molecule has 0 amide bonds. The molecule has 0 bridgehead atoms. The first-order valence-electron chi connectivity index (χ1n) is 7.98. The second kappa shape index (κ2) is 6.44. The summed E-state index contributed by atoms with van der Waals surface area (Å²) in [5, 5.41) is 11.1. The van der Waals surface area contributed by atoms with Gasteiger partial charge >= 0.3 is 0 Å². The zero-order valence-electron chi connectivity index (χ0n) is 13.5. The zero-order chi connectivity index (χ0) is 15.5. The molecule has 0 aliphatic carbocycles. The maximum atomic E-state index is 4.64. The Morgan fingerprint density at radius 3 is 2.82 bits per heavy atom. The smallest absolute Gasteiger partial charge is 0.226 e. The van der Waals surface area contributed by atoms with Crippen LogP contribution in [0.1, 0.15) is 30.5 Å². The van der Waals surface area contributed by atoms with Crippen LogP contribution in [0.25, 0.3) is 11.0 Å². The predicted octanol–water partition coefficient (Wildman–Crippen LogP) is 2.24. The van der Waals surface area contributed by atoms with Crippen molar-refractivity contribution in [2.75, 3.05) is 30.8 Å². The van der Waals surface area contributed by atoms with Crippen molar-refractivity contribution in [1.82, 2.24) is 20.3 Å². The van der Waals surface area contributed by atoms with Crippen molar-refractivity contribution in [1.29, 1.82) is 0 Å². The number of nitrogens with one attached hydrogen (secondary N) is 3. The fourth-order valence-corrected chi connectivity index (χ4v) is 3.07. The van der Waals surface area contributed by atoms with Gasteiger partial charge in [-0.1, -0.05) is 0 Å². The lowest BCUT2D eigenvalue weighted by atomic mass is 10.1. The van der Waals surface area contributed by atoms with E-state index in [1.165, 1.54) is 6.42 Å². The van der Waals surface area contributed by atoms with Crippen LogP contribution in [0.15, 0.2) is 6.07 Å².